The van der Waals surface area contributed by atoms with Gasteiger partial charge in [0.2, 0.25) is 5.91 Å². The summed E-state index contributed by atoms with van der Waals surface area (Å²) in [4.78, 5) is 15.4. The molecule has 1 amide bonds. The van der Waals surface area contributed by atoms with E-state index in [0.717, 1.165) is 4.47 Å². The van der Waals surface area contributed by atoms with Crippen LogP contribution >= 0.6 is 15.9 Å². The molecule has 0 bridgehead atoms. The summed E-state index contributed by atoms with van der Waals surface area (Å²) in [6, 6.07) is 8.24. The van der Waals surface area contributed by atoms with Crippen molar-refractivity contribution < 1.29 is 9.53 Å². The lowest BCUT2D eigenvalue weighted by Gasteiger charge is -2.33. The number of benzene rings is 1. The molecule has 1 aromatic rings. The van der Waals surface area contributed by atoms with Crippen molar-refractivity contribution in [1.82, 2.24) is 4.90 Å². The Bertz CT molecular complexity index is 707. The summed E-state index contributed by atoms with van der Waals surface area (Å²) in [5, 5.41) is 0. The molecule has 1 aromatic carbocycles. The van der Waals surface area contributed by atoms with Gasteiger partial charge in [-0.15, -0.1) is 0 Å². The average molecular weight is 374 g/mol. The van der Waals surface area contributed by atoms with Crippen LogP contribution in [-0.2, 0) is 16.0 Å². The fraction of sp³-hybridized carbons (Fsp3) is 0.421. The normalized spacial score (nSPS) is 33.9. The van der Waals surface area contributed by atoms with Crippen molar-refractivity contribution >= 4 is 21.8 Å². The SMILES string of the molecule is CC1(C)CO[C@H]2[C@H]3C=CC=C[C@@]3(Cc3ccc(Br)cc3)C(=O)N21. The predicted octanol–water partition coefficient (Wildman–Crippen LogP) is 3.70. The van der Waals surface area contributed by atoms with Crippen LogP contribution in [0, 0.1) is 11.3 Å². The fourth-order valence-corrected chi connectivity index (χ4v) is 4.37. The Kier molecular flexibility index (Phi) is 3.33. The maximum Gasteiger partial charge on any atom is 0.236 e. The van der Waals surface area contributed by atoms with E-state index in [1.54, 1.807) is 0 Å². The van der Waals surface area contributed by atoms with Gasteiger partial charge in [-0.25, -0.2) is 0 Å². The van der Waals surface area contributed by atoms with E-state index in [9.17, 15) is 4.79 Å². The van der Waals surface area contributed by atoms with Crippen molar-refractivity contribution in [3.8, 4) is 0 Å². The lowest BCUT2D eigenvalue weighted by Crippen LogP contribution is -2.47. The summed E-state index contributed by atoms with van der Waals surface area (Å²) in [6.07, 6.45) is 8.83. The fourth-order valence-electron chi connectivity index (χ4n) is 4.11. The van der Waals surface area contributed by atoms with E-state index >= 15 is 0 Å². The summed E-state index contributed by atoms with van der Waals surface area (Å²) >= 11 is 3.47. The van der Waals surface area contributed by atoms with Gasteiger partial charge in [0.1, 0.15) is 6.23 Å². The minimum atomic E-state index is -0.523. The largest absolute Gasteiger partial charge is 0.355 e. The Morgan fingerprint density at radius 2 is 2.00 bits per heavy atom. The van der Waals surface area contributed by atoms with Gasteiger partial charge in [-0.2, -0.15) is 0 Å². The molecule has 0 radical (unpaired) electrons. The van der Waals surface area contributed by atoms with Gasteiger partial charge in [0, 0.05) is 10.4 Å². The zero-order chi connectivity index (χ0) is 16.2. The van der Waals surface area contributed by atoms with Gasteiger partial charge in [0.25, 0.3) is 0 Å². The summed E-state index contributed by atoms with van der Waals surface area (Å²) in [7, 11) is 0. The molecule has 1 aliphatic carbocycles. The number of rotatable bonds is 2. The maximum atomic E-state index is 13.4. The summed E-state index contributed by atoms with van der Waals surface area (Å²) < 4.78 is 7.08. The molecule has 0 unspecified atom stereocenters. The lowest BCUT2D eigenvalue weighted by atomic mass is 9.70. The first-order valence-corrected chi connectivity index (χ1v) is 8.79. The lowest BCUT2D eigenvalue weighted by molar-refractivity contribution is -0.138. The number of carbonyl (C=O) groups is 1. The monoisotopic (exact) mass is 373 g/mol. The number of amides is 1. The summed E-state index contributed by atoms with van der Waals surface area (Å²) in [6.45, 7) is 4.78. The topological polar surface area (TPSA) is 29.5 Å². The molecule has 2 fully saturated rings. The highest BCUT2D eigenvalue weighted by molar-refractivity contribution is 9.10. The quantitative estimate of drug-likeness (QED) is 0.790. The Morgan fingerprint density at radius 3 is 2.74 bits per heavy atom. The second-order valence-electron chi connectivity index (χ2n) is 7.30. The molecule has 3 aliphatic rings. The van der Waals surface area contributed by atoms with E-state index in [1.807, 2.05) is 29.2 Å². The zero-order valence-corrected chi connectivity index (χ0v) is 14.9. The van der Waals surface area contributed by atoms with Gasteiger partial charge >= 0.3 is 0 Å². The molecular weight excluding hydrogens is 354 g/mol. The number of hydrogen-bond acceptors (Lipinski definition) is 2. The molecule has 23 heavy (non-hydrogen) atoms. The van der Waals surface area contributed by atoms with Gasteiger partial charge in [0.15, 0.2) is 0 Å². The van der Waals surface area contributed by atoms with Crippen LogP contribution < -0.4 is 0 Å². The molecule has 0 saturated carbocycles. The van der Waals surface area contributed by atoms with E-state index in [4.69, 9.17) is 4.74 Å². The molecule has 4 heteroatoms. The molecule has 0 spiro atoms. The Morgan fingerprint density at radius 1 is 1.26 bits per heavy atom. The van der Waals surface area contributed by atoms with Gasteiger partial charge < -0.3 is 9.64 Å². The minimum absolute atomic E-state index is 0.0745. The average Bonchev–Trinajstić information content (AvgIpc) is 2.97. The van der Waals surface area contributed by atoms with Crippen LogP contribution in [0.2, 0.25) is 0 Å². The first kappa shape index (κ1) is 15.2. The van der Waals surface area contributed by atoms with Crippen molar-refractivity contribution in [2.75, 3.05) is 6.61 Å². The van der Waals surface area contributed by atoms with Crippen molar-refractivity contribution in [3.63, 3.8) is 0 Å². The number of fused-ring (bicyclic) bond motifs is 3. The highest BCUT2D eigenvalue weighted by Crippen LogP contribution is 2.52. The molecule has 2 saturated heterocycles. The molecule has 0 N–H and O–H groups in total. The zero-order valence-electron chi connectivity index (χ0n) is 13.3. The third-order valence-electron chi connectivity index (χ3n) is 5.27. The second kappa shape index (κ2) is 5.05. The van der Waals surface area contributed by atoms with Crippen LogP contribution in [0.5, 0.6) is 0 Å². The Balaban J connectivity index is 1.76. The standard InChI is InChI=1S/C19H20BrNO2/c1-18(2)12-23-16-15-5-3-4-10-19(15,17(22)21(16)18)11-13-6-8-14(20)9-7-13/h3-10,15-16H,11-12H2,1-2H3/t15-,16+,19+/m1/s1. The third kappa shape index (κ3) is 2.15. The molecule has 0 aromatic heterocycles. The van der Waals surface area contributed by atoms with Crippen LogP contribution in [0.25, 0.3) is 0 Å². The smallest absolute Gasteiger partial charge is 0.236 e. The molecule has 120 valence electrons. The summed E-state index contributed by atoms with van der Waals surface area (Å²) in [5.74, 6) is 0.268. The third-order valence-corrected chi connectivity index (χ3v) is 5.79. The number of ether oxygens (including phenoxy) is 1. The molecular formula is C19H20BrNO2. The Labute approximate surface area is 145 Å². The van der Waals surface area contributed by atoms with Crippen molar-refractivity contribution in [1.29, 1.82) is 0 Å². The van der Waals surface area contributed by atoms with Crippen molar-refractivity contribution in [2.24, 2.45) is 11.3 Å². The number of carbonyl (C=O) groups excluding carboxylic acids is 1. The van der Waals surface area contributed by atoms with Crippen molar-refractivity contribution in [2.45, 2.75) is 32.0 Å². The molecule has 3 nitrogen and oxygen atoms in total. The van der Waals surface area contributed by atoms with Crippen LogP contribution in [0.4, 0.5) is 0 Å². The minimum Gasteiger partial charge on any atom is -0.355 e. The Hall–Kier alpha value is -1.39. The van der Waals surface area contributed by atoms with Gasteiger partial charge in [-0.3, -0.25) is 4.79 Å². The highest BCUT2D eigenvalue weighted by atomic mass is 79.9. The molecule has 3 atom stereocenters. The van der Waals surface area contributed by atoms with E-state index in [0.29, 0.717) is 13.0 Å². The first-order valence-electron chi connectivity index (χ1n) is 8.00. The number of hydrogen-bond donors (Lipinski definition) is 0. The molecule has 2 heterocycles. The van der Waals surface area contributed by atoms with Gasteiger partial charge in [-0.05, 0) is 38.0 Å². The number of halogens is 1. The first-order chi connectivity index (χ1) is 10.9. The highest BCUT2D eigenvalue weighted by Gasteiger charge is 2.63. The summed E-state index contributed by atoms with van der Waals surface area (Å²) in [5.41, 5.74) is 0.406. The van der Waals surface area contributed by atoms with E-state index in [2.05, 4.69) is 54.1 Å². The van der Waals surface area contributed by atoms with Crippen LogP contribution in [-0.4, -0.2) is 29.2 Å². The van der Waals surface area contributed by atoms with E-state index in [-0.39, 0.29) is 23.6 Å². The number of nitrogens with zero attached hydrogens (tertiary/aromatic N) is 1. The predicted molar refractivity (Wildman–Crippen MR) is 92.7 cm³/mol. The van der Waals surface area contributed by atoms with Crippen LogP contribution in [0.3, 0.4) is 0 Å². The van der Waals surface area contributed by atoms with E-state index < -0.39 is 5.41 Å². The molecule has 4 rings (SSSR count). The number of allylic oxidation sites excluding steroid dienone is 2. The van der Waals surface area contributed by atoms with Crippen LogP contribution in [0.1, 0.15) is 19.4 Å². The van der Waals surface area contributed by atoms with Crippen molar-refractivity contribution in [3.05, 3.63) is 58.6 Å². The van der Waals surface area contributed by atoms with E-state index in [1.165, 1.54) is 5.56 Å². The van der Waals surface area contributed by atoms with Crippen LogP contribution in [0.15, 0.2) is 53.0 Å². The van der Waals surface area contributed by atoms with Gasteiger partial charge in [0.05, 0.1) is 17.6 Å². The second-order valence-corrected chi connectivity index (χ2v) is 8.22. The maximum absolute atomic E-state index is 13.4. The van der Waals surface area contributed by atoms with Gasteiger partial charge in [-0.1, -0.05) is 52.4 Å². The molecule has 2 aliphatic heterocycles.